The molecular weight excluding hydrogens is 262 g/mol. The molecule has 0 aliphatic rings. The summed E-state index contributed by atoms with van der Waals surface area (Å²) >= 11 is 1.63. The third-order valence-electron chi connectivity index (χ3n) is 2.34. The van der Waals surface area contributed by atoms with Crippen LogP contribution in [-0.2, 0) is 6.54 Å². The average Bonchev–Trinajstić information content (AvgIpc) is 2.81. The van der Waals surface area contributed by atoms with Gasteiger partial charge in [-0.25, -0.2) is 4.98 Å². The molecule has 0 spiro atoms. The van der Waals surface area contributed by atoms with Crippen LogP contribution in [0.2, 0.25) is 0 Å². The minimum absolute atomic E-state index is 0.536. The fourth-order valence-electron chi connectivity index (χ4n) is 1.41. The third-order valence-corrected chi connectivity index (χ3v) is 3.16. The van der Waals surface area contributed by atoms with Gasteiger partial charge in [0.15, 0.2) is 0 Å². The molecule has 0 aromatic carbocycles. The molecule has 0 radical (unpaired) electrons. The Morgan fingerprint density at radius 2 is 1.89 bits per heavy atom. The highest BCUT2D eigenvalue weighted by molar-refractivity contribution is 7.09. The van der Waals surface area contributed by atoms with Gasteiger partial charge in [0.1, 0.15) is 0 Å². The van der Waals surface area contributed by atoms with Crippen molar-refractivity contribution in [2.75, 3.05) is 36.7 Å². The predicted octanol–water partition coefficient (Wildman–Crippen LogP) is 1.36. The highest BCUT2D eigenvalue weighted by Crippen LogP contribution is 2.13. The minimum Gasteiger partial charge on any atom is -0.357 e. The summed E-state index contributed by atoms with van der Waals surface area (Å²) in [4.78, 5) is 19.1. The first kappa shape index (κ1) is 13.5. The van der Waals surface area contributed by atoms with Gasteiger partial charge in [-0.05, 0) is 6.92 Å². The molecular formula is C11H17N7S. The van der Waals surface area contributed by atoms with Crippen LogP contribution in [0.4, 0.5) is 17.8 Å². The molecule has 2 rings (SSSR count). The van der Waals surface area contributed by atoms with Crippen molar-refractivity contribution in [3.8, 4) is 0 Å². The lowest BCUT2D eigenvalue weighted by molar-refractivity contribution is 0.936. The fourth-order valence-corrected chi connectivity index (χ4v) is 2.03. The SMILES string of the molecule is CNc1nc(NCc2csc(C)n2)nc(N(C)C)n1. The molecule has 0 saturated carbocycles. The van der Waals surface area contributed by atoms with E-state index < -0.39 is 0 Å². The second kappa shape index (κ2) is 5.79. The topological polar surface area (TPSA) is 78.9 Å². The van der Waals surface area contributed by atoms with Gasteiger partial charge in [0.2, 0.25) is 17.8 Å². The van der Waals surface area contributed by atoms with Gasteiger partial charge in [-0.2, -0.15) is 15.0 Å². The van der Waals surface area contributed by atoms with Crippen LogP contribution in [0.25, 0.3) is 0 Å². The highest BCUT2D eigenvalue weighted by Gasteiger charge is 2.07. The molecule has 0 atom stereocenters. The van der Waals surface area contributed by atoms with E-state index >= 15 is 0 Å². The number of aryl methyl sites for hydroxylation is 1. The smallest absolute Gasteiger partial charge is 0.231 e. The van der Waals surface area contributed by atoms with Crippen molar-refractivity contribution in [2.24, 2.45) is 0 Å². The van der Waals surface area contributed by atoms with Gasteiger partial charge in [0.25, 0.3) is 0 Å². The lowest BCUT2D eigenvalue weighted by Crippen LogP contribution is -2.16. The highest BCUT2D eigenvalue weighted by atomic mass is 32.1. The summed E-state index contributed by atoms with van der Waals surface area (Å²) in [5.41, 5.74) is 0.986. The van der Waals surface area contributed by atoms with Gasteiger partial charge in [0.05, 0.1) is 17.2 Å². The number of aromatic nitrogens is 4. The third kappa shape index (κ3) is 3.50. The van der Waals surface area contributed by atoms with Crippen molar-refractivity contribution >= 4 is 29.2 Å². The molecule has 102 valence electrons. The Bertz CT molecular complexity index is 552. The molecule has 8 heteroatoms. The zero-order valence-corrected chi connectivity index (χ0v) is 12.2. The first-order chi connectivity index (χ1) is 9.08. The van der Waals surface area contributed by atoms with Crippen molar-refractivity contribution in [1.82, 2.24) is 19.9 Å². The summed E-state index contributed by atoms with van der Waals surface area (Å²) in [6, 6.07) is 0. The van der Waals surface area contributed by atoms with E-state index in [9.17, 15) is 0 Å². The predicted molar refractivity (Wildman–Crippen MR) is 77.9 cm³/mol. The maximum atomic E-state index is 4.38. The Morgan fingerprint density at radius 3 is 2.47 bits per heavy atom. The van der Waals surface area contributed by atoms with Crippen molar-refractivity contribution in [3.05, 3.63) is 16.1 Å². The summed E-state index contributed by atoms with van der Waals surface area (Å²) in [5, 5.41) is 9.16. The molecule has 0 aliphatic heterocycles. The lowest BCUT2D eigenvalue weighted by Gasteiger charge is -2.12. The van der Waals surface area contributed by atoms with Gasteiger partial charge in [-0.15, -0.1) is 11.3 Å². The summed E-state index contributed by atoms with van der Waals surface area (Å²) in [6.45, 7) is 2.59. The first-order valence-corrected chi connectivity index (χ1v) is 6.72. The fraction of sp³-hybridized carbons (Fsp3) is 0.455. The van der Waals surface area contributed by atoms with Gasteiger partial charge in [0, 0.05) is 26.5 Å². The van der Waals surface area contributed by atoms with Crippen LogP contribution in [0.5, 0.6) is 0 Å². The van der Waals surface area contributed by atoms with Crippen LogP contribution in [0.1, 0.15) is 10.7 Å². The molecule has 0 bridgehead atoms. The number of nitrogens with zero attached hydrogens (tertiary/aromatic N) is 5. The zero-order chi connectivity index (χ0) is 13.8. The zero-order valence-electron chi connectivity index (χ0n) is 11.4. The van der Waals surface area contributed by atoms with Crippen molar-refractivity contribution in [1.29, 1.82) is 0 Å². The molecule has 2 N–H and O–H groups in total. The van der Waals surface area contributed by atoms with Crippen molar-refractivity contribution < 1.29 is 0 Å². The summed E-state index contributed by atoms with van der Waals surface area (Å²) in [6.07, 6.45) is 0. The molecule has 0 fully saturated rings. The molecule has 0 saturated heterocycles. The molecule has 0 unspecified atom stereocenters. The van der Waals surface area contributed by atoms with Crippen LogP contribution in [0, 0.1) is 6.92 Å². The summed E-state index contributed by atoms with van der Waals surface area (Å²) in [5.74, 6) is 1.68. The Labute approximate surface area is 116 Å². The van der Waals surface area contributed by atoms with E-state index in [1.165, 1.54) is 0 Å². The van der Waals surface area contributed by atoms with E-state index in [4.69, 9.17) is 0 Å². The number of hydrogen-bond donors (Lipinski definition) is 2. The molecule has 2 aromatic rings. The van der Waals surface area contributed by atoms with E-state index in [1.54, 1.807) is 18.4 Å². The number of rotatable bonds is 5. The molecule has 19 heavy (non-hydrogen) atoms. The van der Waals surface area contributed by atoms with Crippen LogP contribution < -0.4 is 15.5 Å². The maximum absolute atomic E-state index is 4.38. The van der Waals surface area contributed by atoms with Crippen LogP contribution in [0.3, 0.4) is 0 Å². The standard InChI is InChI=1S/C11H17N7S/c1-7-14-8(6-19-7)5-13-10-15-9(12-2)16-11(17-10)18(3)4/h6H,5H2,1-4H3,(H2,12,13,15,16,17). The van der Waals surface area contributed by atoms with Crippen LogP contribution in [-0.4, -0.2) is 41.1 Å². The average molecular weight is 279 g/mol. The van der Waals surface area contributed by atoms with E-state index in [0.717, 1.165) is 10.7 Å². The molecule has 2 heterocycles. The van der Waals surface area contributed by atoms with Crippen LogP contribution >= 0.6 is 11.3 Å². The quantitative estimate of drug-likeness (QED) is 0.855. The number of anilines is 3. The molecule has 0 amide bonds. The summed E-state index contributed by atoms with van der Waals surface area (Å²) in [7, 11) is 5.56. The van der Waals surface area contributed by atoms with E-state index in [0.29, 0.717) is 24.4 Å². The molecule has 7 nitrogen and oxygen atoms in total. The van der Waals surface area contributed by atoms with E-state index in [2.05, 4.69) is 30.6 Å². The number of thiazole rings is 1. The lowest BCUT2D eigenvalue weighted by atomic mass is 10.5. The summed E-state index contributed by atoms with van der Waals surface area (Å²) < 4.78 is 0. The van der Waals surface area contributed by atoms with Gasteiger partial charge in [-0.1, -0.05) is 0 Å². The Kier molecular flexibility index (Phi) is 4.10. The van der Waals surface area contributed by atoms with Gasteiger partial charge < -0.3 is 15.5 Å². The van der Waals surface area contributed by atoms with Gasteiger partial charge >= 0.3 is 0 Å². The maximum Gasteiger partial charge on any atom is 0.231 e. The Balaban J connectivity index is 2.12. The Morgan fingerprint density at radius 1 is 1.16 bits per heavy atom. The normalized spacial score (nSPS) is 10.3. The monoisotopic (exact) mass is 279 g/mol. The largest absolute Gasteiger partial charge is 0.357 e. The van der Waals surface area contributed by atoms with E-state index in [-0.39, 0.29) is 0 Å². The van der Waals surface area contributed by atoms with Gasteiger partial charge in [-0.3, -0.25) is 0 Å². The molecule has 2 aromatic heterocycles. The first-order valence-electron chi connectivity index (χ1n) is 5.84. The van der Waals surface area contributed by atoms with Crippen molar-refractivity contribution in [2.45, 2.75) is 13.5 Å². The minimum atomic E-state index is 0.536. The number of hydrogen-bond acceptors (Lipinski definition) is 8. The molecule has 0 aliphatic carbocycles. The Hall–Kier alpha value is -1.96. The second-order valence-electron chi connectivity index (χ2n) is 4.14. The number of nitrogens with one attached hydrogen (secondary N) is 2. The van der Waals surface area contributed by atoms with Crippen molar-refractivity contribution in [3.63, 3.8) is 0 Å². The van der Waals surface area contributed by atoms with E-state index in [1.807, 2.05) is 31.3 Å². The second-order valence-corrected chi connectivity index (χ2v) is 5.20. The van der Waals surface area contributed by atoms with Crippen LogP contribution in [0.15, 0.2) is 5.38 Å².